The number of rotatable bonds is 5. The second kappa shape index (κ2) is 6.67. The summed E-state index contributed by atoms with van der Waals surface area (Å²) in [5, 5.41) is 10.8. The lowest BCUT2D eigenvalue weighted by atomic mass is 10.1. The van der Waals surface area contributed by atoms with Gasteiger partial charge in [-0.1, -0.05) is 30.3 Å². The highest BCUT2D eigenvalue weighted by Gasteiger charge is 2.29. The lowest BCUT2D eigenvalue weighted by Gasteiger charge is -2.13. The Hall–Kier alpha value is -3.68. The molecule has 0 bridgehead atoms. The van der Waals surface area contributed by atoms with Gasteiger partial charge in [-0.2, -0.15) is 4.99 Å². The quantitative estimate of drug-likeness (QED) is 0.831. The van der Waals surface area contributed by atoms with Gasteiger partial charge in [-0.3, -0.25) is 4.79 Å². The molecule has 128 valence electrons. The van der Waals surface area contributed by atoms with Gasteiger partial charge in [-0.05, 0) is 29.0 Å². The highest BCUT2D eigenvalue weighted by atomic mass is 16.5. The predicted octanol–water partition coefficient (Wildman–Crippen LogP) is 2.78. The molecule has 2 aliphatic heterocycles. The largest absolute Gasteiger partial charge is 0.496 e. The van der Waals surface area contributed by atoms with Gasteiger partial charge in [0.2, 0.25) is 11.5 Å². The number of ether oxygens (including phenoxy) is 2. The summed E-state index contributed by atoms with van der Waals surface area (Å²) in [4.78, 5) is 20.3. The maximum absolute atomic E-state index is 12.1. The summed E-state index contributed by atoms with van der Waals surface area (Å²) in [7, 11) is 1.53. The van der Waals surface area contributed by atoms with Crippen LogP contribution in [0.4, 0.5) is 0 Å². The van der Waals surface area contributed by atoms with Crippen molar-refractivity contribution in [1.29, 1.82) is 0 Å². The molecule has 0 N–H and O–H groups in total. The van der Waals surface area contributed by atoms with E-state index in [1.807, 2.05) is 30.3 Å². The fraction of sp³-hybridized carbons (Fsp3) is 0.111. The normalized spacial score (nSPS) is 15.1. The molecule has 26 heavy (non-hydrogen) atoms. The lowest BCUT2D eigenvalue weighted by Crippen LogP contribution is -2.26. The van der Waals surface area contributed by atoms with Crippen molar-refractivity contribution >= 4 is 23.3 Å². The molecule has 0 radical (unpaired) electrons. The molecule has 4 rings (SSSR count). The molecule has 1 amide bonds. The van der Waals surface area contributed by atoms with E-state index in [4.69, 9.17) is 9.47 Å². The first-order valence-electron chi connectivity index (χ1n) is 7.80. The Labute approximate surface area is 148 Å². The maximum atomic E-state index is 12.1. The summed E-state index contributed by atoms with van der Waals surface area (Å²) < 4.78 is 11.2. The Bertz CT molecular complexity index is 993. The van der Waals surface area contributed by atoms with E-state index in [2.05, 4.69) is 25.4 Å². The van der Waals surface area contributed by atoms with Crippen LogP contribution in [0, 0.1) is 0 Å². The lowest BCUT2D eigenvalue weighted by molar-refractivity contribution is -0.111. The van der Waals surface area contributed by atoms with E-state index in [-0.39, 0.29) is 17.4 Å². The van der Waals surface area contributed by atoms with Crippen LogP contribution in [0.15, 0.2) is 74.0 Å². The first-order valence-corrected chi connectivity index (χ1v) is 7.80. The van der Waals surface area contributed by atoms with E-state index in [9.17, 15) is 4.79 Å². The van der Waals surface area contributed by atoms with Crippen molar-refractivity contribution in [3.05, 3.63) is 59.7 Å². The summed E-state index contributed by atoms with van der Waals surface area (Å²) >= 11 is 0. The number of benzene rings is 2. The van der Waals surface area contributed by atoms with E-state index in [0.29, 0.717) is 23.7 Å². The molecule has 0 atom stereocenters. The van der Waals surface area contributed by atoms with Crippen molar-refractivity contribution in [2.24, 2.45) is 25.4 Å². The van der Waals surface area contributed by atoms with E-state index >= 15 is 0 Å². The zero-order chi connectivity index (χ0) is 17.9. The highest BCUT2D eigenvalue weighted by molar-refractivity contribution is 6.69. The van der Waals surface area contributed by atoms with E-state index in [1.165, 1.54) is 7.11 Å². The van der Waals surface area contributed by atoms with Gasteiger partial charge >= 0.3 is 5.91 Å². The van der Waals surface area contributed by atoms with Crippen LogP contribution in [0.5, 0.6) is 11.5 Å². The van der Waals surface area contributed by atoms with Crippen molar-refractivity contribution in [3.8, 4) is 11.5 Å². The van der Waals surface area contributed by atoms with Gasteiger partial charge in [-0.25, -0.2) is 4.99 Å². The summed E-state index contributed by atoms with van der Waals surface area (Å²) in [6, 6.07) is 15.1. The minimum Gasteiger partial charge on any atom is -0.496 e. The number of aliphatic imine (C=N–C) groups is 2. The number of carbonyl (C=O) groups is 1. The molecule has 8 nitrogen and oxygen atoms in total. The molecule has 2 aliphatic rings. The van der Waals surface area contributed by atoms with Gasteiger partial charge in [0.1, 0.15) is 18.1 Å². The summed E-state index contributed by atoms with van der Waals surface area (Å²) in [6.45, 7) is 0.414. The molecule has 0 saturated heterocycles. The number of hydrogen-bond acceptors (Lipinski definition) is 7. The third kappa shape index (κ3) is 3.00. The zero-order valence-corrected chi connectivity index (χ0v) is 13.8. The Morgan fingerprint density at radius 2 is 1.85 bits per heavy atom. The van der Waals surface area contributed by atoms with Gasteiger partial charge in [-0.15, -0.1) is 10.2 Å². The molecule has 0 saturated carbocycles. The Morgan fingerprint density at radius 3 is 2.65 bits per heavy atom. The van der Waals surface area contributed by atoms with Gasteiger partial charge < -0.3 is 9.47 Å². The molecular formula is C18H13N5O3. The van der Waals surface area contributed by atoms with Crippen LogP contribution in [-0.2, 0) is 11.4 Å². The Morgan fingerprint density at radius 1 is 1.00 bits per heavy atom. The van der Waals surface area contributed by atoms with Gasteiger partial charge in [0.25, 0.3) is 0 Å². The molecule has 2 aromatic rings. The predicted molar refractivity (Wildman–Crippen MR) is 95.0 cm³/mol. The van der Waals surface area contributed by atoms with Crippen LogP contribution < -0.4 is 9.47 Å². The number of amides is 1. The van der Waals surface area contributed by atoms with Crippen molar-refractivity contribution < 1.29 is 14.3 Å². The van der Waals surface area contributed by atoms with Crippen molar-refractivity contribution in [2.75, 3.05) is 7.11 Å². The van der Waals surface area contributed by atoms with Gasteiger partial charge in [0.15, 0.2) is 5.84 Å². The van der Waals surface area contributed by atoms with E-state index < -0.39 is 5.91 Å². The topological polar surface area (TPSA) is 97.3 Å². The Balaban J connectivity index is 1.64. The Kier molecular flexibility index (Phi) is 4.06. The van der Waals surface area contributed by atoms with Crippen LogP contribution in [0.1, 0.15) is 11.1 Å². The van der Waals surface area contributed by atoms with Crippen molar-refractivity contribution in [2.45, 2.75) is 6.61 Å². The minimum atomic E-state index is -0.535. The third-order valence-corrected chi connectivity index (χ3v) is 3.78. The second-order valence-corrected chi connectivity index (χ2v) is 5.45. The minimum absolute atomic E-state index is 0.0456. The van der Waals surface area contributed by atoms with Crippen LogP contribution in [-0.4, -0.2) is 30.4 Å². The summed E-state index contributed by atoms with van der Waals surface area (Å²) in [5.74, 6) is 0.924. The van der Waals surface area contributed by atoms with Crippen LogP contribution in [0.25, 0.3) is 0 Å². The summed E-state index contributed by atoms with van der Waals surface area (Å²) in [5.41, 5.74) is 1.62. The average Bonchev–Trinajstić information content (AvgIpc) is 3.16. The van der Waals surface area contributed by atoms with Crippen LogP contribution in [0.2, 0.25) is 0 Å². The number of hydrogen-bond donors (Lipinski definition) is 0. The first-order chi connectivity index (χ1) is 12.7. The maximum Gasteiger partial charge on any atom is 0.303 e. The summed E-state index contributed by atoms with van der Waals surface area (Å²) in [6.07, 6.45) is 0. The molecule has 0 aliphatic carbocycles. The van der Waals surface area contributed by atoms with Crippen LogP contribution in [0.3, 0.4) is 0 Å². The molecule has 0 aromatic heterocycles. The number of carbonyl (C=O) groups excluding carboxylic acids is 1. The standard InChI is InChI=1S/C18H13N5O3/c1-25-14-8-7-12(26-10-11-5-3-2-4-6-11)9-13(14)16-19-17-15(18(24)20-16)21-23-22-17/h2-9H,10H2,1H3. The van der Waals surface area contributed by atoms with Crippen molar-refractivity contribution in [3.63, 3.8) is 0 Å². The van der Waals surface area contributed by atoms with Crippen molar-refractivity contribution in [1.82, 2.24) is 0 Å². The fourth-order valence-electron chi connectivity index (χ4n) is 2.50. The second-order valence-electron chi connectivity index (χ2n) is 5.45. The number of nitrogens with zero attached hydrogens (tertiary/aromatic N) is 5. The number of methoxy groups -OCH3 is 1. The molecular weight excluding hydrogens is 334 g/mol. The third-order valence-electron chi connectivity index (χ3n) is 3.78. The highest BCUT2D eigenvalue weighted by Crippen LogP contribution is 2.27. The number of amidine groups is 2. The zero-order valence-electron chi connectivity index (χ0n) is 13.8. The number of fused-ring (bicyclic) bond motifs is 1. The molecule has 2 aromatic carbocycles. The van der Waals surface area contributed by atoms with Gasteiger partial charge in [0.05, 0.1) is 12.7 Å². The molecule has 8 heteroatoms. The molecule has 0 spiro atoms. The fourth-order valence-corrected chi connectivity index (χ4v) is 2.50. The molecule has 0 unspecified atom stereocenters. The monoisotopic (exact) mass is 347 g/mol. The smallest absolute Gasteiger partial charge is 0.303 e. The SMILES string of the molecule is COc1ccc(OCc2ccccc2)cc1C1=NC(=O)C2=NN=NC2=N1. The molecule has 0 fully saturated rings. The van der Waals surface area contributed by atoms with Gasteiger partial charge in [0, 0.05) is 0 Å². The van der Waals surface area contributed by atoms with E-state index in [1.54, 1.807) is 18.2 Å². The first kappa shape index (κ1) is 15.8. The van der Waals surface area contributed by atoms with Crippen LogP contribution >= 0.6 is 0 Å². The molecule has 2 heterocycles. The average molecular weight is 347 g/mol. The van der Waals surface area contributed by atoms with E-state index in [0.717, 1.165) is 5.56 Å².